The second-order valence-electron chi connectivity index (χ2n) is 3.88. The van der Waals surface area contributed by atoms with Crippen LogP contribution >= 0.6 is 11.6 Å². The molecule has 18 heavy (non-hydrogen) atoms. The molecule has 1 aromatic carbocycles. The molecule has 0 radical (unpaired) electrons. The lowest BCUT2D eigenvalue weighted by atomic mass is 10.3. The van der Waals surface area contributed by atoms with Gasteiger partial charge in [-0.15, -0.1) is 0 Å². The molecule has 0 saturated heterocycles. The molecular formula is C13H16ClN3O. The number of nitrogens with one attached hydrogen (secondary N) is 2. The van der Waals surface area contributed by atoms with Crippen LogP contribution in [-0.2, 0) is 6.54 Å². The van der Waals surface area contributed by atoms with E-state index in [-0.39, 0.29) is 0 Å². The van der Waals surface area contributed by atoms with Crippen LogP contribution in [0.5, 0.6) is 5.75 Å². The number of hydrogen-bond acceptors (Lipinski definition) is 3. The summed E-state index contributed by atoms with van der Waals surface area (Å²) in [5.74, 6) is 1.68. The fourth-order valence-electron chi connectivity index (χ4n) is 1.55. The van der Waals surface area contributed by atoms with Gasteiger partial charge in [-0.05, 0) is 24.6 Å². The van der Waals surface area contributed by atoms with E-state index in [1.165, 1.54) is 0 Å². The molecule has 2 aromatic rings. The van der Waals surface area contributed by atoms with Gasteiger partial charge in [0.25, 0.3) is 0 Å². The van der Waals surface area contributed by atoms with Crippen molar-refractivity contribution in [3.05, 3.63) is 41.4 Å². The van der Waals surface area contributed by atoms with Crippen molar-refractivity contribution < 1.29 is 4.74 Å². The summed E-state index contributed by atoms with van der Waals surface area (Å²) in [6, 6.07) is 5.56. The predicted octanol–water partition coefficient (Wildman–Crippen LogP) is 3.46. The average Bonchev–Trinajstić information content (AvgIpc) is 2.88. The van der Waals surface area contributed by atoms with Gasteiger partial charge in [0, 0.05) is 17.4 Å². The Morgan fingerprint density at radius 2 is 2.33 bits per heavy atom. The van der Waals surface area contributed by atoms with Gasteiger partial charge in [-0.1, -0.05) is 18.5 Å². The van der Waals surface area contributed by atoms with Crippen molar-refractivity contribution in [2.75, 3.05) is 11.9 Å². The maximum Gasteiger partial charge on any atom is 0.142 e. The van der Waals surface area contributed by atoms with E-state index in [2.05, 4.69) is 22.2 Å². The first-order valence-electron chi connectivity index (χ1n) is 5.94. The van der Waals surface area contributed by atoms with Crippen molar-refractivity contribution in [2.24, 2.45) is 0 Å². The summed E-state index contributed by atoms with van der Waals surface area (Å²) < 4.78 is 5.66. The first kappa shape index (κ1) is 12.8. The Labute approximate surface area is 111 Å². The lowest BCUT2D eigenvalue weighted by Crippen LogP contribution is -2.04. The van der Waals surface area contributed by atoms with Crippen molar-refractivity contribution in [3.63, 3.8) is 0 Å². The van der Waals surface area contributed by atoms with Gasteiger partial charge >= 0.3 is 0 Å². The number of rotatable bonds is 6. The largest absolute Gasteiger partial charge is 0.491 e. The number of aromatic nitrogens is 2. The lowest BCUT2D eigenvalue weighted by molar-refractivity contribution is 0.319. The second kappa shape index (κ2) is 6.31. The minimum Gasteiger partial charge on any atom is -0.491 e. The number of hydrogen-bond donors (Lipinski definition) is 2. The third kappa shape index (κ3) is 3.40. The molecule has 0 aliphatic rings. The van der Waals surface area contributed by atoms with Crippen LogP contribution in [0.1, 0.15) is 19.2 Å². The van der Waals surface area contributed by atoms with Crippen LogP contribution < -0.4 is 10.1 Å². The summed E-state index contributed by atoms with van der Waals surface area (Å²) >= 11 is 5.99. The highest BCUT2D eigenvalue weighted by Crippen LogP contribution is 2.28. The minimum atomic E-state index is 0.607. The van der Waals surface area contributed by atoms with Crippen LogP contribution in [0.4, 0.5) is 5.69 Å². The maximum atomic E-state index is 5.99. The van der Waals surface area contributed by atoms with Gasteiger partial charge in [0.15, 0.2) is 0 Å². The quantitative estimate of drug-likeness (QED) is 0.841. The SMILES string of the molecule is CCCOc1ccc(Cl)cc1NCc1ncc[nH]1. The number of nitrogens with zero attached hydrogens (tertiary/aromatic N) is 1. The van der Waals surface area contributed by atoms with Gasteiger partial charge in [-0.2, -0.15) is 0 Å². The smallest absolute Gasteiger partial charge is 0.142 e. The molecule has 0 spiro atoms. The van der Waals surface area contributed by atoms with Gasteiger partial charge in [0.1, 0.15) is 11.6 Å². The zero-order chi connectivity index (χ0) is 12.8. The molecule has 0 amide bonds. The van der Waals surface area contributed by atoms with E-state index in [0.717, 1.165) is 23.7 Å². The number of ether oxygens (including phenoxy) is 1. The maximum absolute atomic E-state index is 5.99. The molecule has 0 saturated carbocycles. The monoisotopic (exact) mass is 265 g/mol. The zero-order valence-electron chi connectivity index (χ0n) is 10.2. The fourth-order valence-corrected chi connectivity index (χ4v) is 1.72. The number of imidazole rings is 1. The summed E-state index contributed by atoms with van der Waals surface area (Å²) in [5.41, 5.74) is 0.882. The summed E-state index contributed by atoms with van der Waals surface area (Å²) in [7, 11) is 0. The molecule has 4 nitrogen and oxygen atoms in total. The van der Waals surface area contributed by atoms with Crippen LogP contribution in [-0.4, -0.2) is 16.6 Å². The average molecular weight is 266 g/mol. The number of H-pyrrole nitrogens is 1. The molecule has 0 unspecified atom stereocenters. The highest BCUT2D eigenvalue weighted by molar-refractivity contribution is 6.30. The Morgan fingerprint density at radius 3 is 3.06 bits per heavy atom. The van der Waals surface area contributed by atoms with Gasteiger partial charge in [-0.3, -0.25) is 0 Å². The lowest BCUT2D eigenvalue weighted by Gasteiger charge is -2.12. The van der Waals surface area contributed by atoms with Crippen molar-refractivity contribution in [3.8, 4) is 5.75 Å². The molecule has 0 bridgehead atoms. The van der Waals surface area contributed by atoms with E-state index < -0.39 is 0 Å². The van der Waals surface area contributed by atoms with Gasteiger partial charge in [0.05, 0.1) is 18.8 Å². The van der Waals surface area contributed by atoms with E-state index in [9.17, 15) is 0 Å². The van der Waals surface area contributed by atoms with E-state index in [0.29, 0.717) is 18.2 Å². The normalized spacial score (nSPS) is 10.3. The molecule has 1 aromatic heterocycles. The first-order chi connectivity index (χ1) is 8.79. The third-order valence-corrected chi connectivity index (χ3v) is 2.64. The highest BCUT2D eigenvalue weighted by Gasteiger charge is 2.05. The predicted molar refractivity (Wildman–Crippen MR) is 73.2 cm³/mol. The standard InChI is InChI=1S/C13H16ClN3O/c1-2-7-18-12-4-3-10(14)8-11(12)17-9-13-15-5-6-16-13/h3-6,8,17H,2,7,9H2,1H3,(H,15,16). The Balaban J connectivity index is 2.06. The molecule has 0 aliphatic heterocycles. The molecule has 0 aliphatic carbocycles. The summed E-state index contributed by atoms with van der Waals surface area (Å²) in [4.78, 5) is 7.19. The number of halogens is 1. The third-order valence-electron chi connectivity index (χ3n) is 2.40. The van der Waals surface area contributed by atoms with Crippen molar-refractivity contribution >= 4 is 17.3 Å². The van der Waals surface area contributed by atoms with Crippen molar-refractivity contribution in [1.29, 1.82) is 0 Å². The van der Waals surface area contributed by atoms with Crippen LogP contribution in [0.3, 0.4) is 0 Å². The van der Waals surface area contributed by atoms with E-state index >= 15 is 0 Å². The van der Waals surface area contributed by atoms with Gasteiger partial charge in [0.2, 0.25) is 0 Å². The van der Waals surface area contributed by atoms with E-state index in [1.807, 2.05) is 18.2 Å². The van der Waals surface area contributed by atoms with Gasteiger partial charge in [-0.25, -0.2) is 4.98 Å². The Bertz CT molecular complexity index is 485. The summed E-state index contributed by atoms with van der Waals surface area (Å²) in [6.45, 7) is 3.37. The topological polar surface area (TPSA) is 49.9 Å². The Hall–Kier alpha value is -1.68. The Kier molecular flexibility index (Phi) is 4.47. The molecule has 5 heteroatoms. The minimum absolute atomic E-state index is 0.607. The molecule has 2 rings (SSSR count). The van der Waals surface area contributed by atoms with Crippen molar-refractivity contribution in [1.82, 2.24) is 9.97 Å². The summed E-state index contributed by atoms with van der Waals surface area (Å²) in [5, 5.41) is 3.94. The molecule has 1 heterocycles. The Morgan fingerprint density at radius 1 is 1.44 bits per heavy atom. The first-order valence-corrected chi connectivity index (χ1v) is 6.32. The number of anilines is 1. The van der Waals surface area contributed by atoms with Crippen LogP contribution in [0.2, 0.25) is 5.02 Å². The molecule has 96 valence electrons. The molecule has 0 fully saturated rings. The molecule has 0 atom stereocenters. The number of aromatic amines is 1. The van der Waals surface area contributed by atoms with Crippen LogP contribution in [0.15, 0.2) is 30.6 Å². The molecular weight excluding hydrogens is 250 g/mol. The van der Waals surface area contributed by atoms with Crippen LogP contribution in [0.25, 0.3) is 0 Å². The van der Waals surface area contributed by atoms with Gasteiger partial charge < -0.3 is 15.0 Å². The van der Waals surface area contributed by atoms with E-state index in [1.54, 1.807) is 12.4 Å². The van der Waals surface area contributed by atoms with Crippen molar-refractivity contribution in [2.45, 2.75) is 19.9 Å². The molecule has 2 N–H and O–H groups in total. The number of benzene rings is 1. The zero-order valence-corrected chi connectivity index (χ0v) is 11.0. The summed E-state index contributed by atoms with van der Waals surface area (Å²) in [6.07, 6.45) is 4.49. The fraction of sp³-hybridized carbons (Fsp3) is 0.308. The van der Waals surface area contributed by atoms with E-state index in [4.69, 9.17) is 16.3 Å². The van der Waals surface area contributed by atoms with Crippen LogP contribution in [0, 0.1) is 0 Å². The highest BCUT2D eigenvalue weighted by atomic mass is 35.5. The second-order valence-corrected chi connectivity index (χ2v) is 4.31.